The Morgan fingerprint density at radius 3 is 2.39 bits per heavy atom. The molecule has 0 aromatic heterocycles. The van der Waals surface area contributed by atoms with Crippen LogP contribution in [0.3, 0.4) is 0 Å². The van der Waals surface area contributed by atoms with Crippen LogP contribution in [-0.4, -0.2) is 51.5 Å². The van der Waals surface area contributed by atoms with Crippen LogP contribution < -0.4 is 9.64 Å². The molecule has 0 radical (unpaired) electrons. The number of carbonyl (C=O) groups excluding carboxylic acids is 1. The quantitative estimate of drug-likeness (QED) is 0.621. The molecule has 31 heavy (non-hydrogen) atoms. The Morgan fingerprint density at radius 1 is 1.16 bits per heavy atom. The van der Waals surface area contributed by atoms with Gasteiger partial charge in [0.2, 0.25) is 0 Å². The second-order valence-corrected chi connectivity index (χ2v) is 8.41. The van der Waals surface area contributed by atoms with Crippen molar-refractivity contribution >= 4 is 12.0 Å². The summed E-state index contributed by atoms with van der Waals surface area (Å²) in [6.07, 6.45) is -3.06. The summed E-state index contributed by atoms with van der Waals surface area (Å²) in [7, 11) is 5.46. The molecule has 3 unspecified atom stereocenters. The van der Waals surface area contributed by atoms with E-state index in [4.69, 9.17) is 4.74 Å². The molecule has 1 aliphatic heterocycles. The van der Waals surface area contributed by atoms with Crippen LogP contribution in [-0.2, 0) is 17.4 Å². The molecular formula is C24H29F3N2O2. The van der Waals surface area contributed by atoms with Crippen LogP contribution in [0.15, 0.2) is 42.5 Å². The van der Waals surface area contributed by atoms with Gasteiger partial charge in [-0.25, -0.2) is 0 Å². The Morgan fingerprint density at radius 2 is 1.84 bits per heavy atom. The van der Waals surface area contributed by atoms with Crippen LogP contribution >= 0.6 is 0 Å². The zero-order valence-corrected chi connectivity index (χ0v) is 18.3. The smallest absolute Gasteiger partial charge is 0.416 e. The minimum absolute atomic E-state index is 0.0882. The Kier molecular flexibility index (Phi) is 6.94. The number of methoxy groups -OCH3 is 1. The van der Waals surface area contributed by atoms with E-state index in [-0.39, 0.29) is 11.8 Å². The average Bonchev–Trinajstić information content (AvgIpc) is 2.85. The molecule has 7 heteroatoms. The van der Waals surface area contributed by atoms with E-state index in [2.05, 4.69) is 0 Å². The normalized spacial score (nSPS) is 21.5. The molecule has 0 saturated carbocycles. The van der Waals surface area contributed by atoms with Crippen molar-refractivity contribution < 1.29 is 22.7 Å². The predicted octanol–water partition coefficient (Wildman–Crippen LogP) is 4.63. The van der Waals surface area contributed by atoms with Crippen molar-refractivity contribution in [1.29, 1.82) is 0 Å². The van der Waals surface area contributed by atoms with Crippen molar-refractivity contribution in [2.24, 2.45) is 5.92 Å². The number of fused-ring (bicyclic) bond motifs is 1. The highest BCUT2D eigenvalue weighted by molar-refractivity contribution is 5.70. The highest BCUT2D eigenvalue weighted by Gasteiger charge is 2.38. The lowest BCUT2D eigenvalue weighted by molar-refractivity contribution is -0.137. The van der Waals surface area contributed by atoms with E-state index in [1.54, 1.807) is 7.11 Å². The summed E-state index contributed by atoms with van der Waals surface area (Å²) in [6.45, 7) is 3.24. The Hall–Kier alpha value is -2.54. The first-order valence-electron chi connectivity index (χ1n) is 10.4. The predicted molar refractivity (Wildman–Crippen MR) is 116 cm³/mol. The number of benzene rings is 2. The van der Waals surface area contributed by atoms with Gasteiger partial charge in [0.25, 0.3) is 0 Å². The van der Waals surface area contributed by atoms with Crippen molar-refractivity contribution in [3.05, 3.63) is 59.2 Å². The Bertz CT molecular complexity index is 897. The molecule has 0 amide bonds. The fourth-order valence-electron chi connectivity index (χ4n) is 4.36. The summed E-state index contributed by atoms with van der Waals surface area (Å²) in [6, 6.07) is 11.0. The van der Waals surface area contributed by atoms with Crippen LogP contribution in [0.5, 0.6) is 5.75 Å². The van der Waals surface area contributed by atoms with Crippen molar-refractivity contribution in [2.75, 3.05) is 39.2 Å². The van der Waals surface area contributed by atoms with Gasteiger partial charge in [-0.3, -0.25) is 0 Å². The minimum Gasteiger partial charge on any atom is -0.497 e. The Balaban J connectivity index is 2.11. The second kappa shape index (κ2) is 9.30. The molecule has 0 aliphatic carbocycles. The van der Waals surface area contributed by atoms with Crippen LogP contribution in [0.2, 0.25) is 0 Å². The third-order valence-electron chi connectivity index (χ3n) is 6.16. The Labute approximate surface area is 181 Å². The third-order valence-corrected chi connectivity index (χ3v) is 6.16. The molecule has 0 saturated heterocycles. The zero-order chi connectivity index (χ0) is 22.8. The standard InChI is InChI=1S/C24H29F3N2O2/c1-16-21(17-5-8-20(31-4)9-6-17)14-18-13-19(24(25,26)27)7-10-22(18)29(23(16)15-30)12-11-28(2)3/h5-10,13,15-16,21,23H,11-12,14H2,1-4H3. The van der Waals surface area contributed by atoms with Gasteiger partial charge < -0.3 is 19.3 Å². The van der Waals surface area contributed by atoms with Gasteiger partial charge in [0.15, 0.2) is 0 Å². The highest BCUT2D eigenvalue weighted by atomic mass is 19.4. The van der Waals surface area contributed by atoms with Gasteiger partial charge in [-0.05, 0) is 73.8 Å². The first kappa shape index (κ1) is 23.1. The fourth-order valence-corrected chi connectivity index (χ4v) is 4.36. The topological polar surface area (TPSA) is 32.8 Å². The molecule has 0 spiro atoms. The summed E-state index contributed by atoms with van der Waals surface area (Å²) in [4.78, 5) is 16.2. The summed E-state index contributed by atoms with van der Waals surface area (Å²) >= 11 is 0. The lowest BCUT2D eigenvalue weighted by atomic mass is 9.80. The first-order chi connectivity index (χ1) is 14.7. The number of rotatable bonds is 6. The van der Waals surface area contributed by atoms with Gasteiger partial charge in [-0.2, -0.15) is 13.2 Å². The first-order valence-corrected chi connectivity index (χ1v) is 10.4. The van der Waals surface area contributed by atoms with Gasteiger partial charge in [0.1, 0.15) is 12.0 Å². The monoisotopic (exact) mass is 434 g/mol. The number of ether oxygens (including phenoxy) is 1. The lowest BCUT2D eigenvalue weighted by Crippen LogP contribution is -2.45. The SMILES string of the molecule is COc1ccc(C2Cc3cc(C(F)(F)F)ccc3N(CCN(C)C)C(C=O)C2C)cc1. The molecule has 3 rings (SSSR count). The van der Waals surface area contributed by atoms with Crippen molar-refractivity contribution in [3.8, 4) is 5.75 Å². The fraction of sp³-hybridized carbons (Fsp3) is 0.458. The maximum atomic E-state index is 13.4. The van der Waals surface area contributed by atoms with E-state index >= 15 is 0 Å². The van der Waals surface area contributed by atoms with Gasteiger partial charge in [-0.15, -0.1) is 0 Å². The average molecular weight is 435 g/mol. The maximum Gasteiger partial charge on any atom is 0.416 e. The number of likely N-dealkylation sites (N-methyl/N-ethyl adjacent to an activating group) is 1. The van der Waals surface area contributed by atoms with Gasteiger partial charge >= 0.3 is 6.18 Å². The number of hydrogen-bond acceptors (Lipinski definition) is 4. The van der Waals surface area contributed by atoms with E-state index < -0.39 is 17.8 Å². The molecule has 0 fully saturated rings. The van der Waals surface area contributed by atoms with Gasteiger partial charge in [0.05, 0.1) is 18.7 Å². The van der Waals surface area contributed by atoms with Crippen molar-refractivity contribution in [1.82, 2.24) is 4.90 Å². The summed E-state index contributed by atoms with van der Waals surface area (Å²) in [5.41, 5.74) is 1.64. The molecule has 1 aliphatic rings. The van der Waals surface area contributed by atoms with Gasteiger partial charge in [-0.1, -0.05) is 19.1 Å². The van der Waals surface area contributed by atoms with Gasteiger partial charge in [0, 0.05) is 18.8 Å². The number of nitrogens with zero attached hydrogens (tertiary/aromatic N) is 2. The summed E-state index contributed by atoms with van der Waals surface area (Å²) in [5, 5.41) is 0. The molecule has 2 aromatic rings. The molecule has 3 atom stereocenters. The van der Waals surface area contributed by atoms with Crippen LogP contribution in [0.25, 0.3) is 0 Å². The molecule has 0 N–H and O–H groups in total. The molecule has 1 heterocycles. The van der Waals surface area contributed by atoms with Crippen LogP contribution in [0.1, 0.15) is 29.5 Å². The summed E-state index contributed by atoms with van der Waals surface area (Å²) < 4.78 is 45.6. The van der Waals surface area contributed by atoms with E-state index in [0.717, 1.165) is 17.9 Å². The number of aldehydes is 1. The molecule has 2 aromatic carbocycles. The molecular weight excluding hydrogens is 405 g/mol. The molecule has 0 bridgehead atoms. The second-order valence-electron chi connectivity index (χ2n) is 8.41. The number of alkyl halides is 3. The van der Waals surface area contributed by atoms with E-state index in [1.807, 2.05) is 55.1 Å². The number of hydrogen-bond donors (Lipinski definition) is 0. The van der Waals surface area contributed by atoms with Crippen LogP contribution in [0.4, 0.5) is 18.9 Å². The third kappa shape index (κ3) is 5.03. The minimum atomic E-state index is -4.42. The number of anilines is 1. The lowest BCUT2D eigenvalue weighted by Gasteiger charge is -2.35. The van der Waals surface area contributed by atoms with E-state index in [9.17, 15) is 18.0 Å². The maximum absolute atomic E-state index is 13.4. The van der Waals surface area contributed by atoms with Crippen molar-refractivity contribution in [3.63, 3.8) is 0 Å². The molecule has 4 nitrogen and oxygen atoms in total. The van der Waals surface area contributed by atoms with E-state index in [1.165, 1.54) is 12.1 Å². The number of carbonyl (C=O) groups is 1. The zero-order valence-electron chi connectivity index (χ0n) is 18.3. The van der Waals surface area contributed by atoms with E-state index in [0.29, 0.717) is 36.5 Å². The highest BCUT2D eigenvalue weighted by Crippen LogP contribution is 2.42. The number of halogens is 3. The molecule has 168 valence electrons. The summed E-state index contributed by atoms with van der Waals surface area (Å²) in [5.74, 6) is 0.520. The largest absolute Gasteiger partial charge is 0.497 e. The van der Waals surface area contributed by atoms with Crippen LogP contribution in [0, 0.1) is 5.92 Å². The van der Waals surface area contributed by atoms with Crippen molar-refractivity contribution in [2.45, 2.75) is 31.5 Å².